The number of carbonyl (C=O) groups excluding carboxylic acids is 1. The van der Waals surface area contributed by atoms with Gasteiger partial charge in [-0.3, -0.25) is 9.59 Å². The molecule has 0 spiro atoms. The van der Waals surface area contributed by atoms with Gasteiger partial charge in [0.25, 0.3) is 5.91 Å². The topological polar surface area (TPSA) is 73.4 Å². The van der Waals surface area contributed by atoms with E-state index >= 15 is 0 Å². The second-order valence-electron chi connectivity index (χ2n) is 4.83. The Morgan fingerprint density at radius 2 is 2.05 bits per heavy atom. The highest BCUT2D eigenvalue weighted by Crippen LogP contribution is 2.28. The molecule has 1 fully saturated rings. The molecule has 0 unspecified atom stereocenters. The first-order chi connectivity index (χ1) is 9.15. The van der Waals surface area contributed by atoms with Crippen LogP contribution in [0.5, 0.6) is 0 Å². The van der Waals surface area contributed by atoms with Crippen LogP contribution in [0, 0.1) is 0 Å². The number of H-pyrrole nitrogens is 1. The molecule has 1 saturated carbocycles. The van der Waals surface area contributed by atoms with Crippen molar-refractivity contribution in [1.82, 2.24) is 9.88 Å². The smallest absolute Gasteiger partial charge is 0.323 e. The molecule has 19 heavy (non-hydrogen) atoms. The molecule has 0 aliphatic heterocycles. The molecule has 1 aromatic heterocycles. The van der Waals surface area contributed by atoms with Gasteiger partial charge < -0.3 is 15.0 Å². The van der Waals surface area contributed by atoms with Gasteiger partial charge in [0.1, 0.15) is 12.2 Å². The highest BCUT2D eigenvalue weighted by Gasteiger charge is 2.34. The van der Waals surface area contributed by atoms with E-state index in [2.05, 4.69) is 4.98 Å². The molecule has 2 aromatic rings. The number of nitrogens with zero attached hydrogens (tertiary/aromatic N) is 1. The SMILES string of the molecule is O=C(O)CN(C(=O)c1cc2ccccc2[nH]1)C1CC1. The molecule has 1 aliphatic rings. The van der Waals surface area contributed by atoms with E-state index in [-0.39, 0.29) is 18.5 Å². The van der Waals surface area contributed by atoms with Crippen molar-refractivity contribution in [3.05, 3.63) is 36.0 Å². The Kier molecular flexibility index (Phi) is 2.74. The average molecular weight is 258 g/mol. The van der Waals surface area contributed by atoms with Crippen molar-refractivity contribution in [2.45, 2.75) is 18.9 Å². The molecule has 0 radical (unpaired) electrons. The fourth-order valence-corrected chi connectivity index (χ4v) is 2.24. The number of aromatic amines is 1. The number of carboxylic acids is 1. The lowest BCUT2D eigenvalue weighted by atomic mass is 10.2. The number of amides is 1. The fraction of sp³-hybridized carbons (Fsp3) is 0.286. The number of hydrogen-bond donors (Lipinski definition) is 2. The highest BCUT2D eigenvalue weighted by molar-refractivity contribution is 5.99. The first-order valence-corrected chi connectivity index (χ1v) is 6.25. The Hall–Kier alpha value is -2.30. The maximum atomic E-state index is 12.4. The molecular formula is C14H14N2O3. The van der Waals surface area contributed by atoms with Crippen LogP contribution in [0.1, 0.15) is 23.3 Å². The van der Waals surface area contributed by atoms with Crippen LogP contribution in [0.15, 0.2) is 30.3 Å². The predicted octanol–water partition coefficient (Wildman–Crippen LogP) is 1.86. The summed E-state index contributed by atoms with van der Waals surface area (Å²) < 4.78 is 0. The van der Waals surface area contributed by atoms with Crippen molar-refractivity contribution in [2.75, 3.05) is 6.54 Å². The summed E-state index contributed by atoms with van der Waals surface area (Å²) in [6.07, 6.45) is 1.78. The zero-order valence-electron chi connectivity index (χ0n) is 10.3. The number of aromatic nitrogens is 1. The monoisotopic (exact) mass is 258 g/mol. The molecule has 0 atom stereocenters. The van der Waals surface area contributed by atoms with Crippen molar-refractivity contribution >= 4 is 22.8 Å². The fourth-order valence-electron chi connectivity index (χ4n) is 2.24. The van der Waals surface area contributed by atoms with Gasteiger partial charge in [-0.1, -0.05) is 18.2 Å². The molecule has 0 bridgehead atoms. The second kappa shape index (κ2) is 4.42. The number of aliphatic carboxylic acids is 1. The predicted molar refractivity (Wildman–Crippen MR) is 70.0 cm³/mol. The lowest BCUT2D eigenvalue weighted by Crippen LogP contribution is -2.37. The minimum Gasteiger partial charge on any atom is -0.480 e. The number of benzene rings is 1. The van der Waals surface area contributed by atoms with E-state index in [1.807, 2.05) is 24.3 Å². The van der Waals surface area contributed by atoms with Crippen molar-refractivity contribution < 1.29 is 14.7 Å². The molecule has 1 aliphatic carbocycles. The molecular weight excluding hydrogens is 244 g/mol. The van der Waals surface area contributed by atoms with Gasteiger partial charge >= 0.3 is 5.97 Å². The maximum absolute atomic E-state index is 12.4. The van der Waals surface area contributed by atoms with Crippen molar-refractivity contribution in [1.29, 1.82) is 0 Å². The lowest BCUT2D eigenvalue weighted by molar-refractivity contribution is -0.137. The van der Waals surface area contributed by atoms with E-state index in [1.165, 1.54) is 4.90 Å². The zero-order valence-corrected chi connectivity index (χ0v) is 10.3. The molecule has 1 amide bonds. The largest absolute Gasteiger partial charge is 0.480 e. The van der Waals surface area contributed by atoms with E-state index in [9.17, 15) is 9.59 Å². The Bertz CT molecular complexity index is 610. The van der Waals surface area contributed by atoms with Crippen LogP contribution < -0.4 is 0 Å². The lowest BCUT2D eigenvalue weighted by Gasteiger charge is -2.19. The molecule has 3 rings (SSSR count). The van der Waals surface area contributed by atoms with E-state index in [0.29, 0.717) is 5.69 Å². The maximum Gasteiger partial charge on any atom is 0.323 e. The van der Waals surface area contributed by atoms with Gasteiger partial charge in [0.2, 0.25) is 0 Å². The molecule has 0 saturated heterocycles. The zero-order chi connectivity index (χ0) is 13.4. The number of carboxylic acid groups (broad SMARTS) is 1. The first-order valence-electron chi connectivity index (χ1n) is 6.25. The summed E-state index contributed by atoms with van der Waals surface area (Å²) in [6, 6.07) is 9.46. The summed E-state index contributed by atoms with van der Waals surface area (Å²) >= 11 is 0. The molecule has 1 heterocycles. The number of rotatable bonds is 4. The van der Waals surface area contributed by atoms with Crippen LogP contribution in [0.4, 0.5) is 0 Å². The minimum atomic E-state index is -0.976. The summed E-state index contributed by atoms with van der Waals surface area (Å²) in [5.41, 5.74) is 1.34. The number of carbonyl (C=O) groups is 2. The van der Waals surface area contributed by atoms with Crippen LogP contribution in [0.2, 0.25) is 0 Å². The van der Waals surface area contributed by atoms with Crippen molar-refractivity contribution in [3.8, 4) is 0 Å². The van der Waals surface area contributed by atoms with Gasteiger partial charge in [-0.25, -0.2) is 0 Å². The molecule has 98 valence electrons. The number of para-hydroxylation sites is 1. The van der Waals surface area contributed by atoms with Crippen molar-refractivity contribution in [3.63, 3.8) is 0 Å². The summed E-state index contributed by atoms with van der Waals surface area (Å²) in [6.45, 7) is -0.237. The number of hydrogen-bond acceptors (Lipinski definition) is 2. The van der Waals surface area contributed by atoms with E-state index in [4.69, 9.17) is 5.11 Å². The van der Waals surface area contributed by atoms with Gasteiger partial charge in [0.15, 0.2) is 0 Å². The van der Waals surface area contributed by atoms with Crippen LogP contribution >= 0.6 is 0 Å². The van der Waals surface area contributed by atoms with Gasteiger partial charge in [-0.05, 0) is 25.0 Å². The normalized spacial score (nSPS) is 14.5. The van der Waals surface area contributed by atoms with Gasteiger partial charge in [0.05, 0.1) is 0 Å². The number of fused-ring (bicyclic) bond motifs is 1. The van der Waals surface area contributed by atoms with Crippen LogP contribution in [-0.2, 0) is 4.79 Å². The third kappa shape index (κ3) is 2.31. The summed E-state index contributed by atoms with van der Waals surface area (Å²) in [4.78, 5) is 27.7. The first kappa shape index (κ1) is 11.8. The van der Waals surface area contributed by atoms with Gasteiger partial charge in [0, 0.05) is 16.9 Å². The highest BCUT2D eigenvalue weighted by atomic mass is 16.4. The summed E-state index contributed by atoms with van der Waals surface area (Å²) in [5, 5.41) is 9.85. The van der Waals surface area contributed by atoms with E-state index in [0.717, 1.165) is 23.7 Å². The second-order valence-corrected chi connectivity index (χ2v) is 4.83. The van der Waals surface area contributed by atoms with Crippen LogP contribution in [0.3, 0.4) is 0 Å². The standard InChI is InChI=1S/C14H14N2O3/c17-13(18)8-16(10-5-6-10)14(19)12-7-9-3-1-2-4-11(9)15-12/h1-4,7,10,15H,5-6,8H2,(H,17,18). The number of nitrogens with one attached hydrogen (secondary N) is 1. The average Bonchev–Trinajstić information content (AvgIpc) is 3.13. The Balaban J connectivity index is 1.90. The molecule has 2 N–H and O–H groups in total. The van der Waals surface area contributed by atoms with Crippen LogP contribution in [0.25, 0.3) is 10.9 Å². The molecule has 5 nitrogen and oxygen atoms in total. The third-order valence-electron chi connectivity index (χ3n) is 3.31. The Labute approximate surface area is 109 Å². The van der Waals surface area contributed by atoms with Crippen molar-refractivity contribution in [2.24, 2.45) is 0 Å². The molecule has 1 aromatic carbocycles. The van der Waals surface area contributed by atoms with Gasteiger partial charge in [-0.15, -0.1) is 0 Å². The summed E-state index contributed by atoms with van der Waals surface area (Å²) in [7, 11) is 0. The van der Waals surface area contributed by atoms with E-state index < -0.39 is 5.97 Å². The van der Waals surface area contributed by atoms with Crippen LogP contribution in [-0.4, -0.2) is 39.5 Å². The minimum absolute atomic E-state index is 0.0787. The summed E-state index contributed by atoms with van der Waals surface area (Å²) in [5.74, 6) is -1.21. The Morgan fingerprint density at radius 3 is 2.68 bits per heavy atom. The third-order valence-corrected chi connectivity index (χ3v) is 3.31. The quantitative estimate of drug-likeness (QED) is 0.879. The van der Waals surface area contributed by atoms with Gasteiger partial charge in [-0.2, -0.15) is 0 Å². The van der Waals surface area contributed by atoms with E-state index in [1.54, 1.807) is 6.07 Å². The molecule has 5 heteroatoms. The Morgan fingerprint density at radius 1 is 1.32 bits per heavy atom.